The highest BCUT2D eigenvalue weighted by Crippen LogP contribution is 2.24. The van der Waals surface area contributed by atoms with Gasteiger partial charge in [-0.25, -0.2) is 4.79 Å². The van der Waals surface area contributed by atoms with Crippen LogP contribution >= 0.6 is 0 Å². The molecule has 114 valence electrons. The van der Waals surface area contributed by atoms with Gasteiger partial charge in [-0.3, -0.25) is 0 Å². The highest BCUT2D eigenvalue weighted by atomic mass is 16.3. The molecule has 3 rings (SSSR count). The largest absolute Gasteiger partial charge is 0.393 e. The van der Waals surface area contributed by atoms with Crippen LogP contribution in [0.4, 0.5) is 4.79 Å². The molecule has 21 heavy (non-hydrogen) atoms. The number of nitrogens with one attached hydrogen (secondary N) is 2. The zero-order valence-corrected chi connectivity index (χ0v) is 12.4. The SMILES string of the molecule is O=C(NCc1ccc2c(c1)CCC2)NC[C@@H]1CC[C@@H](O)C1. The number of carbonyl (C=O) groups excluding carboxylic acids is 1. The molecule has 0 spiro atoms. The molecule has 1 fully saturated rings. The average Bonchev–Trinajstić information content (AvgIpc) is 3.10. The Morgan fingerprint density at radius 2 is 2.05 bits per heavy atom. The van der Waals surface area contributed by atoms with E-state index in [1.807, 2.05) is 0 Å². The van der Waals surface area contributed by atoms with Crippen molar-refractivity contribution >= 4 is 6.03 Å². The van der Waals surface area contributed by atoms with Gasteiger partial charge >= 0.3 is 6.03 Å². The van der Waals surface area contributed by atoms with Gasteiger partial charge in [-0.2, -0.15) is 0 Å². The Labute approximate surface area is 125 Å². The molecule has 2 amide bonds. The Balaban J connectivity index is 1.41. The number of carbonyl (C=O) groups is 1. The molecule has 0 unspecified atom stereocenters. The Morgan fingerprint density at radius 1 is 1.19 bits per heavy atom. The third-order valence-electron chi connectivity index (χ3n) is 4.68. The Bertz CT molecular complexity index is 516. The van der Waals surface area contributed by atoms with E-state index in [1.54, 1.807) is 0 Å². The summed E-state index contributed by atoms with van der Waals surface area (Å²) in [5.41, 5.74) is 4.07. The normalized spacial score (nSPS) is 23.9. The van der Waals surface area contributed by atoms with Gasteiger partial charge in [-0.05, 0) is 61.1 Å². The number of aliphatic hydroxyl groups excluding tert-OH is 1. The third-order valence-corrected chi connectivity index (χ3v) is 4.68. The quantitative estimate of drug-likeness (QED) is 0.795. The fourth-order valence-corrected chi connectivity index (χ4v) is 3.45. The van der Waals surface area contributed by atoms with E-state index in [0.717, 1.165) is 19.3 Å². The van der Waals surface area contributed by atoms with Crippen LogP contribution in [0.25, 0.3) is 0 Å². The fourth-order valence-electron chi connectivity index (χ4n) is 3.45. The number of urea groups is 1. The Morgan fingerprint density at radius 3 is 2.86 bits per heavy atom. The second-order valence-electron chi connectivity index (χ2n) is 6.35. The first kappa shape index (κ1) is 14.4. The molecule has 0 aromatic heterocycles. The molecule has 0 radical (unpaired) electrons. The maximum Gasteiger partial charge on any atom is 0.315 e. The van der Waals surface area contributed by atoms with Crippen molar-refractivity contribution in [2.24, 2.45) is 5.92 Å². The molecule has 0 aliphatic heterocycles. The number of hydrogen-bond donors (Lipinski definition) is 3. The highest BCUT2D eigenvalue weighted by Gasteiger charge is 2.22. The average molecular weight is 288 g/mol. The third kappa shape index (κ3) is 3.76. The van der Waals surface area contributed by atoms with Gasteiger partial charge in [0.05, 0.1) is 6.10 Å². The summed E-state index contributed by atoms with van der Waals surface area (Å²) in [6.45, 7) is 1.24. The van der Waals surface area contributed by atoms with Crippen molar-refractivity contribution < 1.29 is 9.90 Å². The van der Waals surface area contributed by atoms with Crippen LogP contribution in [0.2, 0.25) is 0 Å². The van der Waals surface area contributed by atoms with Gasteiger partial charge in [-0.15, -0.1) is 0 Å². The van der Waals surface area contributed by atoms with Crippen LogP contribution in [0.1, 0.15) is 42.4 Å². The van der Waals surface area contributed by atoms with Crippen LogP contribution in [-0.2, 0) is 19.4 Å². The van der Waals surface area contributed by atoms with E-state index < -0.39 is 0 Å². The summed E-state index contributed by atoms with van der Waals surface area (Å²) >= 11 is 0. The highest BCUT2D eigenvalue weighted by molar-refractivity contribution is 5.73. The predicted molar refractivity (Wildman–Crippen MR) is 82.1 cm³/mol. The van der Waals surface area contributed by atoms with E-state index in [1.165, 1.54) is 36.0 Å². The minimum atomic E-state index is -0.175. The lowest BCUT2D eigenvalue weighted by Gasteiger charge is -2.12. The molecule has 0 saturated heterocycles. The summed E-state index contributed by atoms with van der Waals surface area (Å²) in [6, 6.07) is 6.40. The molecule has 3 N–H and O–H groups in total. The van der Waals surface area contributed by atoms with Crippen LogP contribution in [0.5, 0.6) is 0 Å². The lowest BCUT2D eigenvalue weighted by molar-refractivity contribution is 0.177. The van der Waals surface area contributed by atoms with E-state index in [0.29, 0.717) is 19.0 Å². The Kier molecular flexibility index (Phi) is 4.44. The molecule has 1 aromatic carbocycles. The lowest BCUT2D eigenvalue weighted by atomic mass is 10.1. The second kappa shape index (κ2) is 6.48. The van der Waals surface area contributed by atoms with Gasteiger partial charge in [-0.1, -0.05) is 18.2 Å². The second-order valence-corrected chi connectivity index (χ2v) is 6.35. The summed E-state index contributed by atoms with van der Waals surface area (Å²) in [5.74, 6) is 0.422. The lowest BCUT2D eigenvalue weighted by Crippen LogP contribution is -2.37. The first-order valence-electron chi connectivity index (χ1n) is 8.01. The monoisotopic (exact) mass is 288 g/mol. The maximum absolute atomic E-state index is 11.8. The van der Waals surface area contributed by atoms with Crippen molar-refractivity contribution in [2.75, 3.05) is 6.54 Å². The number of benzene rings is 1. The van der Waals surface area contributed by atoms with Crippen molar-refractivity contribution in [2.45, 2.75) is 51.2 Å². The molecule has 2 atom stereocenters. The molecular weight excluding hydrogens is 264 g/mol. The van der Waals surface area contributed by atoms with Crippen molar-refractivity contribution in [3.05, 3.63) is 34.9 Å². The van der Waals surface area contributed by atoms with Crippen molar-refractivity contribution in [1.29, 1.82) is 0 Å². The van der Waals surface area contributed by atoms with Crippen molar-refractivity contribution in [1.82, 2.24) is 10.6 Å². The topological polar surface area (TPSA) is 61.4 Å². The van der Waals surface area contributed by atoms with Gasteiger partial charge in [0.15, 0.2) is 0 Å². The van der Waals surface area contributed by atoms with E-state index in [9.17, 15) is 9.90 Å². The van der Waals surface area contributed by atoms with Crippen LogP contribution in [0.3, 0.4) is 0 Å². The standard InChI is InChI=1S/C17H24N2O2/c20-16-7-5-13(9-16)11-19-17(21)18-10-12-4-6-14-2-1-3-15(14)8-12/h4,6,8,13,16,20H,1-3,5,7,9-11H2,(H2,18,19,21)/t13-,16-/m1/s1. The molecule has 0 bridgehead atoms. The number of aliphatic hydroxyl groups is 1. The summed E-state index contributed by atoms with van der Waals surface area (Å²) < 4.78 is 0. The van der Waals surface area contributed by atoms with Crippen molar-refractivity contribution in [3.63, 3.8) is 0 Å². The molecule has 0 heterocycles. The fraction of sp³-hybridized carbons (Fsp3) is 0.588. The summed E-state index contributed by atoms with van der Waals surface area (Å²) in [4.78, 5) is 11.8. The molecule has 4 heteroatoms. The maximum atomic E-state index is 11.8. The van der Waals surface area contributed by atoms with Crippen LogP contribution in [0, 0.1) is 5.92 Å². The number of hydrogen-bond acceptors (Lipinski definition) is 2. The number of fused-ring (bicyclic) bond motifs is 1. The number of aryl methyl sites for hydroxylation is 2. The molecule has 2 aliphatic carbocycles. The van der Waals surface area contributed by atoms with Crippen molar-refractivity contribution in [3.8, 4) is 0 Å². The van der Waals surface area contributed by atoms with Gasteiger partial charge in [0.1, 0.15) is 0 Å². The zero-order valence-electron chi connectivity index (χ0n) is 12.4. The van der Waals surface area contributed by atoms with E-state index in [4.69, 9.17) is 0 Å². The van der Waals surface area contributed by atoms with Crippen LogP contribution in [0.15, 0.2) is 18.2 Å². The first-order valence-corrected chi connectivity index (χ1v) is 8.01. The van der Waals surface area contributed by atoms with Crippen LogP contribution in [-0.4, -0.2) is 23.8 Å². The molecule has 2 aliphatic rings. The molecular formula is C17H24N2O2. The molecule has 4 nitrogen and oxygen atoms in total. The zero-order chi connectivity index (χ0) is 14.7. The smallest absolute Gasteiger partial charge is 0.315 e. The first-order chi connectivity index (χ1) is 10.2. The predicted octanol–water partition coefficient (Wildman–Crippen LogP) is 2.14. The van der Waals surface area contributed by atoms with Gasteiger partial charge in [0.25, 0.3) is 0 Å². The summed E-state index contributed by atoms with van der Waals surface area (Å²) in [5, 5.41) is 15.3. The van der Waals surface area contributed by atoms with Gasteiger partial charge in [0.2, 0.25) is 0 Å². The Hall–Kier alpha value is -1.55. The number of rotatable bonds is 4. The van der Waals surface area contributed by atoms with Gasteiger partial charge in [0, 0.05) is 13.1 Å². The van der Waals surface area contributed by atoms with E-state index in [-0.39, 0.29) is 12.1 Å². The molecule has 1 saturated carbocycles. The van der Waals surface area contributed by atoms with Crippen LogP contribution < -0.4 is 10.6 Å². The van der Waals surface area contributed by atoms with Gasteiger partial charge < -0.3 is 15.7 Å². The summed E-state index contributed by atoms with van der Waals surface area (Å²) in [7, 11) is 0. The summed E-state index contributed by atoms with van der Waals surface area (Å²) in [6.07, 6.45) is 6.11. The number of amides is 2. The minimum Gasteiger partial charge on any atom is -0.393 e. The minimum absolute atomic E-state index is 0.114. The van der Waals surface area contributed by atoms with E-state index >= 15 is 0 Å². The molecule has 1 aromatic rings. The van der Waals surface area contributed by atoms with E-state index in [2.05, 4.69) is 28.8 Å².